The number of hydrogen-bond acceptors (Lipinski definition) is 3. The molecule has 23 heavy (non-hydrogen) atoms. The molecule has 0 bridgehead atoms. The van der Waals surface area contributed by atoms with E-state index in [0.717, 1.165) is 23.4 Å². The third-order valence-corrected chi connectivity index (χ3v) is 4.82. The van der Waals surface area contributed by atoms with Gasteiger partial charge in [-0.25, -0.2) is 22.2 Å². The van der Waals surface area contributed by atoms with Crippen LogP contribution in [0, 0.1) is 11.2 Å². The van der Waals surface area contributed by atoms with Crippen LogP contribution >= 0.6 is 0 Å². The third-order valence-electron chi connectivity index (χ3n) is 4.11. The normalized spacial score (nSPS) is 20.3. The summed E-state index contributed by atoms with van der Waals surface area (Å²) in [6.45, 7) is 4.21. The second-order valence-electron chi connectivity index (χ2n) is 6.92. The summed E-state index contributed by atoms with van der Waals surface area (Å²) in [7, 11) is -3.31. The van der Waals surface area contributed by atoms with E-state index in [1.54, 1.807) is 23.0 Å². The highest BCUT2D eigenvalue weighted by Gasteiger charge is 2.36. The minimum atomic E-state index is -3.31. The highest BCUT2D eigenvalue weighted by atomic mass is 32.2. The monoisotopic (exact) mass is 337 g/mol. The molecule has 0 saturated heterocycles. The van der Waals surface area contributed by atoms with Crippen LogP contribution in [0.5, 0.6) is 0 Å². The Hall–Kier alpha value is -1.73. The van der Waals surface area contributed by atoms with Gasteiger partial charge in [0.1, 0.15) is 5.82 Å². The maximum Gasteiger partial charge on any atom is 0.209 e. The van der Waals surface area contributed by atoms with Gasteiger partial charge in [-0.05, 0) is 42.5 Å². The van der Waals surface area contributed by atoms with Crippen LogP contribution in [0.1, 0.15) is 37.6 Å². The Bertz CT molecular complexity index is 826. The molecule has 1 aliphatic carbocycles. The van der Waals surface area contributed by atoms with Crippen molar-refractivity contribution in [1.29, 1.82) is 0 Å². The van der Waals surface area contributed by atoms with Crippen molar-refractivity contribution < 1.29 is 12.8 Å². The minimum absolute atomic E-state index is 0.0623. The summed E-state index contributed by atoms with van der Waals surface area (Å²) in [6, 6.07) is 5.83. The number of benzene rings is 1. The lowest BCUT2D eigenvalue weighted by Gasteiger charge is -2.35. The molecule has 0 amide bonds. The molecule has 0 unspecified atom stereocenters. The second kappa shape index (κ2) is 5.42. The molecule has 0 saturated carbocycles. The molecular weight excluding hydrogens is 317 g/mol. The third kappa shape index (κ3) is 3.45. The van der Waals surface area contributed by atoms with Crippen molar-refractivity contribution in [2.24, 2.45) is 5.41 Å². The van der Waals surface area contributed by atoms with E-state index in [4.69, 9.17) is 0 Å². The molecule has 1 N–H and O–H groups in total. The van der Waals surface area contributed by atoms with E-state index in [-0.39, 0.29) is 17.3 Å². The van der Waals surface area contributed by atoms with Crippen molar-refractivity contribution in [2.45, 2.75) is 32.7 Å². The quantitative estimate of drug-likeness (QED) is 0.936. The van der Waals surface area contributed by atoms with E-state index in [9.17, 15) is 12.8 Å². The number of nitrogens with zero attached hydrogens (tertiary/aromatic N) is 2. The van der Waals surface area contributed by atoms with Gasteiger partial charge >= 0.3 is 0 Å². The fraction of sp³-hybridized carbons (Fsp3) is 0.438. The first kappa shape index (κ1) is 16.1. The topological polar surface area (TPSA) is 64.0 Å². The molecule has 3 rings (SSSR count). The van der Waals surface area contributed by atoms with Gasteiger partial charge in [-0.15, -0.1) is 0 Å². The summed E-state index contributed by atoms with van der Waals surface area (Å²) in [5.74, 6) is -0.299. The Morgan fingerprint density at radius 3 is 2.57 bits per heavy atom. The Balaban J connectivity index is 2.06. The SMILES string of the molecule is CC1(C)Cc2c(cnn2-c2ccc(F)cc2)[C@@H](NS(C)(=O)=O)C1. The van der Waals surface area contributed by atoms with E-state index in [1.807, 2.05) is 0 Å². The van der Waals surface area contributed by atoms with Crippen LogP contribution < -0.4 is 4.72 Å². The molecular formula is C16H20FN3O2S. The summed E-state index contributed by atoms with van der Waals surface area (Å²) >= 11 is 0. The van der Waals surface area contributed by atoms with Crippen molar-refractivity contribution >= 4 is 10.0 Å². The zero-order valence-corrected chi connectivity index (χ0v) is 14.2. The smallest absolute Gasteiger partial charge is 0.209 e. The van der Waals surface area contributed by atoms with Crippen LogP contribution in [0.25, 0.3) is 5.69 Å². The molecule has 2 aromatic rings. The Morgan fingerprint density at radius 1 is 1.30 bits per heavy atom. The van der Waals surface area contributed by atoms with Crippen LogP contribution in [-0.2, 0) is 16.4 Å². The Morgan fingerprint density at radius 2 is 1.96 bits per heavy atom. The number of hydrogen-bond donors (Lipinski definition) is 1. The van der Waals surface area contributed by atoms with E-state index < -0.39 is 10.0 Å². The average Bonchev–Trinajstić information content (AvgIpc) is 2.80. The van der Waals surface area contributed by atoms with Crippen molar-refractivity contribution in [3.05, 3.63) is 47.5 Å². The molecule has 0 spiro atoms. The van der Waals surface area contributed by atoms with Gasteiger partial charge in [-0.1, -0.05) is 13.8 Å². The van der Waals surface area contributed by atoms with Gasteiger partial charge in [0.15, 0.2) is 0 Å². The molecule has 5 nitrogen and oxygen atoms in total. The van der Waals surface area contributed by atoms with Gasteiger partial charge in [0.2, 0.25) is 10.0 Å². The second-order valence-corrected chi connectivity index (χ2v) is 8.70. The van der Waals surface area contributed by atoms with Gasteiger partial charge in [0, 0.05) is 11.3 Å². The van der Waals surface area contributed by atoms with E-state index in [2.05, 4.69) is 23.7 Å². The fourth-order valence-electron chi connectivity index (χ4n) is 3.21. The maximum absolute atomic E-state index is 13.1. The van der Waals surface area contributed by atoms with Crippen LogP contribution in [-0.4, -0.2) is 24.5 Å². The van der Waals surface area contributed by atoms with E-state index in [1.165, 1.54) is 18.4 Å². The highest BCUT2D eigenvalue weighted by Crippen LogP contribution is 2.41. The first-order valence-electron chi connectivity index (χ1n) is 7.45. The van der Waals surface area contributed by atoms with E-state index in [0.29, 0.717) is 6.42 Å². The number of halogens is 1. The molecule has 0 radical (unpaired) electrons. The number of rotatable bonds is 3. The predicted octanol–water partition coefficient (Wildman–Crippen LogP) is 2.57. The summed E-state index contributed by atoms with van der Waals surface area (Å²) in [6.07, 6.45) is 4.36. The first-order chi connectivity index (χ1) is 10.6. The number of fused-ring (bicyclic) bond motifs is 1. The Kier molecular flexibility index (Phi) is 3.80. The van der Waals surface area contributed by atoms with Crippen molar-refractivity contribution in [1.82, 2.24) is 14.5 Å². The molecule has 0 fully saturated rings. The van der Waals surface area contributed by atoms with Gasteiger partial charge in [0.05, 0.1) is 24.2 Å². The van der Waals surface area contributed by atoms with Gasteiger partial charge in [-0.2, -0.15) is 5.10 Å². The fourth-order valence-corrected chi connectivity index (χ4v) is 3.94. The number of sulfonamides is 1. The lowest BCUT2D eigenvalue weighted by atomic mass is 9.74. The van der Waals surface area contributed by atoms with E-state index >= 15 is 0 Å². The molecule has 1 aliphatic rings. The summed E-state index contributed by atoms with van der Waals surface area (Å²) in [5, 5.41) is 4.40. The summed E-state index contributed by atoms with van der Waals surface area (Å²) in [5.41, 5.74) is 2.56. The number of aromatic nitrogens is 2. The largest absolute Gasteiger partial charge is 0.237 e. The molecule has 1 aromatic carbocycles. The van der Waals surface area contributed by atoms with Gasteiger partial charge in [-0.3, -0.25) is 0 Å². The summed E-state index contributed by atoms with van der Waals surface area (Å²) in [4.78, 5) is 0. The average molecular weight is 337 g/mol. The van der Waals surface area contributed by atoms with Crippen LogP contribution in [0.15, 0.2) is 30.5 Å². The molecule has 124 valence electrons. The van der Waals surface area contributed by atoms with Crippen molar-refractivity contribution in [3.8, 4) is 5.69 Å². The Labute approximate surface area is 135 Å². The lowest BCUT2D eigenvalue weighted by Crippen LogP contribution is -2.36. The van der Waals surface area contributed by atoms with Crippen molar-refractivity contribution in [3.63, 3.8) is 0 Å². The number of nitrogens with one attached hydrogen (secondary N) is 1. The molecule has 7 heteroatoms. The molecule has 1 heterocycles. The van der Waals surface area contributed by atoms with Gasteiger partial charge < -0.3 is 0 Å². The lowest BCUT2D eigenvalue weighted by molar-refractivity contribution is 0.269. The summed E-state index contributed by atoms with van der Waals surface area (Å²) < 4.78 is 40.9. The molecule has 0 aliphatic heterocycles. The zero-order valence-electron chi connectivity index (χ0n) is 13.4. The maximum atomic E-state index is 13.1. The molecule has 1 atom stereocenters. The van der Waals surface area contributed by atoms with Crippen LogP contribution in [0.3, 0.4) is 0 Å². The highest BCUT2D eigenvalue weighted by molar-refractivity contribution is 7.88. The van der Waals surface area contributed by atoms with Crippen LogP contribution in [0.2, 0.25) is 0 Å². The van der Waals surface area contributed by atoms with Gasteiger partial charge in [0.25, 0.3) is 0 Å². The van der Waals surface area contributed by atoms with Crippen molar-refractivity contribution in [2.75, 3.05) is 6.26 Å². The predicted molar refractivity (Wildman–Crippen MR) is 86.3 cm³/mol. The standard InChI is InChI=1S/C16H20FN3O2S/c1-16(2)8-14(19-23(3,21)22)13-10-18-20(15(13)9-16)12-6-4-11(17)5-7-12/h4-7,10,14,19H,8-9H2,1-3H3/t14-/m0/s1. The first-order valence-corrected chi connectivity index (χ1v) is 9.34. The van der Waals surface area contributed by atoms with Crippen LogP contribution in [0.4, 0.5) is 4.39 Å². The zero-order chi connectivity index (χ0) is 16.8. The minimum Gasteiger partial charge on any atom is -0.237 e. The molecule has 1 aromatic heterocycles.